The summed E-state index contributed by atoms with van der Waals surface area (Å²) >= 11 is 0. The molecule has 0 saturated heterocycles. The standard InChI is InChI=1S/C16H23F2NO2/c17-13-9-12(10-14(18)11-13)4-6-16(21)7-5-15(19)3-1-2-8-20/h8-11,15-16,21H,1-7,19H2. The Morgan fingerprint density at radius 2 is 1.76 bits per heavy atom. The molecule has 5 heteroatoms. The second-order valence-electron chi connectivity index (χ2n) is 5.41. The van der Waals surface area contributed by atoms with Gasteiger partial charge in [-0.25, -0.2) is 8.78 Å². The Hall–Kier alpha value is -1.33. The molecule has 0 heterocycles. The molecule has 0 aromatic heterocycles. The molecule has 0 bridgehead atoms. The van der Waals surface area contributed by atoms with Crippen LogP contribution in [0, 0.1) is 11.6 Å². The lowest BCUT2D eigenvalue weighted by molar-refractivity contribution is -0.107. The molecule has 1 aromatic rings. The van der Waals surface area contributed by atoms with Gasteiger partial charge < -0.3 is 15.6 Å². The van der Waals surface area contributed by atoms with Crippen LogP contribution in [0.5, 0.6) is 0 Å². The van der Waals surface area contributed by atoms with E-state index in [1.165, 1.54) is 12.1 Å². The number of halogens is 2. The highest BCUT2D eigenvalue weighted by atomic mass is 19.1. The topological polar surface area (TPSA) is 63.3 Å². The number of aldehydes is 1. The lowest BCUT2D eigenvalue weighted by Crippen LogP contribution is -2.22. The van der Waals surface area contributed by atoms with Crippen molar-refractivity contribution < 1.29 is 18.7 Å². The van der Waals surface area contributed by atoms with Crippen LogP contribution in [0.1, 0.15) is 44.1 Å². The van der Waals surface area contributed by atoms with Gasteiger partial charge in [0.05, 0.1) is 6.10 Å². The Bertz CT molecular complexity index is 420. The fraction of sp³-hybridized carbons (Fsp3) is 0.562. The van der Waals surface area contributed by atoms with E-state index in [-0.39, 0.29) is 6.04 Å². The zero-order valence-electron chi connectivity index (χ0n) is 12.1. The lowest BCUT2D eigenvalue weighted by Gasteiger charge is -2.14. The summed E-state index contributed by atoms with van der Waals surface area (Å²) in [5, 5.41) is 9.87. The predicted octanol–water partition coefficient (Wildman–Crippen LogP) is 2.74. The van der Waals surface area contributed by atoms with E-state index in [2.05, 4.69) is 0 Å². The summed E-state index contributed by atoms with van der Waals surface area (Å²) in [6.45, 7) is 0. The summed E-state index contributed by atoms with van der Waals surface area (Å²) in [6.07, 6.45) is 4.50. The quantitative estimate of drug-likeness (QED) is 0.516. The molecule has 0 aliphatic carbocycles. The fourth-order valence-corrected chi connectivity index (χ4v) is 2.25. The van der Waals surface area contributed by atoms with Crippen molar-refractivity contribution in [3.63, 3.8) is 0 Å². The van der Waals surface area contributed by atoms with E-state index in [4.69, 9.17) is 5.73 Å². The zero-order chi connectivity index (χ0) is 15.7. The first kappa shape index (κ1) is 17.7. The van der Waals surface area contributed by atoms with Crippen LogP contribution < -0.4 is 5.73 Å². The molecule has 21 heavy (non-hydrogen) atoms. The Morgan fingerprint density at radius 3 is 2.38 bits per heavy atom. The van der Waals surface area contributed by atoms with Crippen molar-refractivity contribution in [1.29, 1.82) is 0 Å². The average Bonchev–Trinajstić information content (AvgIpc) is 2.42. The van der Waals surface area contributed by atoms with Crippen LogP contribution in [-0.2, 0) is 11.2 Å². The summed E-state index contributed by atoms with van der Waals surface area (Å²) in [5.74, 6) is -1.20. The smallest absolute Gasteiger partial charge is 0.126 e. The van der Waals surface area contributed by atoms with Crippen LogP contribution in [0.4, 0.5) is 8.78 Å². The van der Waals surface area contributed by atoms with Crippen LogP contribution >= 0.6 is 0 Å². The third kappa shape index (κ3) is 7.87. The van der Waals surface area contributed by atoms with Crippen molar-refractivity contribution >= 4 is 6.29 Å². The molecule has 118 valence electrons. The molecule has 0 amide bonds. The minimum Gasteiger partial charge on any atom is -0.393 e. The van der Waals surface area contributed by atoms with Gasteiger partial charge in [-0.3, -0.25) is 0 Å². The second-order valence-corrected chi connectivity index (χ2v) is 5.41. The molecule has 0 radical (unpaired) electrons. The first-order chi connectivity index (χ1) is 10.0. The monoisotopic (exact) mass is 299 g/mol. The second kappa shape index (κ2) is 9.58. The summed E-state index contributed by atoms with van der Waals surface area (Å²) in [6, 6.07) is 3.37. The average molecular weight is 299 g/mol. The number of nitrogens with two attached hydrogens (primary N) is 1. The molecular formula is C16H23F2NO2. The number of hydrogen-bond donors (Lipinski definition) is 2. The van der Waals surface area contributed by atoms with Gasteiger partial charge in [-0.05, 0) is 56.2 Å². The number of unbranched alkanes of at least 4 members (excludes halogenated alkanes) is 1. The Kier molecular flexibility index (Phi) is 8.08. The SMILES string of the molecule is NC(CCCC=O)CCC(O)CCc1cc(F)cc(F)c1. The molecule has 0 fully saturated rings. The van der Waals surface area contributed by atoms with Crippen LogP contribution in [0.2, 0.25) is 0 Å². The molecule has 0 saturated carbocycles. The fourth-order valence-electron chi connectivity index (χ4n) is 2.25. The van der Waals surface area contributed by atoms with Crippen molar-refractivity contribution in [1.82, 2.24) is 0 Å². The van der Waals surface area contributed by atoms with Crippen LogP contribution in [0.15, 0.2) is 18.2 Å². The predicted molar refractivity (Wildman–Crippen MR) is 77.8 cm³/mol. The number of aliphatic hydroxyl groups excluding tert-OH is 1. The first-order valence-corrected chi connectivity index (χ1v) is 7.33. The van der Waals surface area contributed by atoms with E-state index in [0.29, 0.717) is 37.7 Å². The highest BCUT2D eigenvalue weighted by Gasteiger charge is 2.09. The van der Waals surface area contributed by atoms with Crippen molar-refractivity contribution in [3.8, 4) is 0 Å². The molecule has 3 N–H and O–H groups in total. The molecule has 3 nitrogen and oxygen atoms in total. The van der Waals surface area contributed by atoms with E-state index < -0.39 is 17.7 Å². The van der Waals surface area contributed by atoms with E-state index in [1.807, 2.05) is 0 Å². The number of rotatable bonds is 10. The summed E-state index contributed by atoms with van der Waals surface area (Å²) in [5.41, 5.74) is 6.43. The van der Waals surface area contributed by atoms with Gasteiger partial charge in [0.15, 0.2) is 0 Å². The molecule has 2 atom stereocenters. The maximum atomic E-state index is 13.0. The third-order valence-electron chi connectivity index (χ3n) is 3.46. The first-order valence-electron chi connectivity index (χ1n) is 7.33. The Labute approximate surface area is 124 Å². The van der Waals surface area contributed by atoms with E-state index in [0.717, 1.165) is 25.2 Å². The van der Waals surface area contributed by atoms with Gasteiger partial charge >= 0.3 is 0 Å². The highest BCUT2D eigenvalue weighted by molar-refractivity contribution is 5.48. The normalized spacial score (nSPS) is 13.9. The van der Waals surface area contributed by atoms with Crippen molar-refractivity contribution in [2.45, 2.75) is 57.1 Å². The summed E-state index contributed by atoms with van der Waals surface area (Å²) in [4.78, 5) is 10.2. The Balaban J connectivity index is 2.24. The summed E-state index contributed by atoms with van der Waals surface area (Å²) in [7, 11) is 0. The van der Waals surface area contributed by atoms with E-state index >= 15 is 0 Å². The molecule has 0 aliphatic heterocycles. The number of benzene rings is 1. The molecule has 1 rings (SSSR count). The molecular weight excluding hydrogens is 276 g/mol. The van der Waals surface area contributed by atoms with Gasteiger partial charge in [0.1, 0.15) is 17.9 Å². The number of aryl methyl sites for hydroxylation is 1. The van der Waals surface area contributed by atoms with Gasteiger partial charge in [0.25, 0.3) is 0 Å². The van der Waals surface area contributed by atoms with Gasteiger partial charge in [-0.1, -0.05) is 0 Å². The number of carbonyl (C=O) groups excluding carboxylic acids is 1. The summed E-state index contributed by atoms with van der Waals surface area (Å²) < 4.78 is 26.0. The molecule has 0 aliphatic rings. The van der Waals surface area contributed by atoms with Crippen molar-refractivity contribution in [2.75, 3.05) is 0 Å². The van der Waals surface area contributed by atoms with Crippen molar-refractivity contribution in [2.24, 2.45) is 5.73 Å². The minimum absolute atomic E-state index is 0.0220. The minimum atomic E-state index is -0.600. The number of aliphatic hydroxyl groups is 1. The largest absolute Gasteiger partial charge is 0.393 e. The van der Waals surface area contributed by atoms with Gasteiger partial charge in [0, 0.05) is 18.5 Å². The zero-order valence-corrected chi connectivity index (χ0v) is 12.1. The highest BCUT2D eigenvalue weighted by Crippen LogP contribution is 2.14. The third-order valence-corrected chi connectivity index (χ3v) is 3.46. The molecule has 1 aromatic carbocycles. The van der Waals surface area contributed by atoms with E-state index in [9.17, 15) is 18.7 Å². The van der Waals surface area contributed by atoms with Crippen LogP contribution in [-0.4, -0.2) is 23.5 Å². The maximum Gasteiger partial charge on any atom is 0.126 e. The van der Waals surface area contributed by atoms with Crippen LogP contribution in [0.25, 0.3) is 0 Å². The lowest BCUT2D eigenvalue weighted by atomic mass is 9.99. The number of carbonyl (C=O) groups is 1. The number of hydrogen-bond acceptors (Lipinski definition) is 3. The van der Waals surface area contributed by atoms with Gasteiger partial charge in [-0.15, -0.1) is 0 Å². The Morgan fingerprint density at radius 1 is 1.10 bits per heavy atom. The maximum absolute atomic E-state index is 13.0. The molecule has 0 spiro atoms. The van der Waals surface area contributed by atoms with E-state index in [1.54, 1.807) is 0 Å². The molecule has 2 unspecified atom stereocenters. The van der Waals surface area contributed by atoms with Gasteiger partial charge in [-0.2, -0.15) is 0 Å². The van der Waals surface area contributed by atoms with Gasteiger partial charge in [0.2, 0.25) is 0 Å². The van der Waals surface area contributed by atoms with Crippen molar-refractivity contribution in [3.05, 3.63) is 35.4 Å². The van der Waals surface area contributed by atoms with Crippen LogP contribution in [0.3, 0.4) is 0 Å².